The van der Waals surface area contributed by atoms with Gasteiger partial charge in [-0.15, -0.1) is 5.10 Å². The molecule has 8 heteroatoms. The van der Waals surface area contributed by atoms with Crippen molar-refractivity contribution in [3.8, 4) is 22.5 Å². The number of aromatic nitrogens is 5. The molecule has 0 radical (unpaired) electrons. The minimum Gasteiger partial charge on any atom is -0.393 e. The molecule has 3 aromatic heterocycles. The first kappa shape index (κ1) is 19.6. The number of piperidine rings is 1. The van der Waals surface area contributed by atoms with Crippen molar-refractivity contribution >= 4 is 11.8 Å². The van der Waals surface area contributed by atoms with E-state index in [1.165, 1.54) is 0 Å². The van der Waals surface area contributed by atoms with Gasteiger partial charge in [0.15, 0.2) is 11.0 Å². The summed E-state index contributed by atoms with van der Waals surface area (Å²) in [7, 11) is 0. The molecule has 6 rings (SSSR count). The van der Waals surface area contributed by atoms with Crippen molar-refractivity contribution in [3.05, 3.63) is 72.7 Å². The number of likely N-dealkylation sites (tertiary alicyclic amines) is 1. The van der Waals surface area contributed by atoms with Gasteiger partial charge in [0.2, 0.25) is 0 Å². The summed E-state index contributed by atoms with van der Waals surface area (Å²) in [5.74, 6) is 0.665. The lowest BCUT2D eigenvalue weighted by Gasteiger charge is -2.38. The van der Waals surface area contributed by atoms with Gasteiger partial charge in [-0.3, -0.25) is 9.88 Å². The molecule has 0 saturated carbocycles. The largest absolute Gasteiger partial charge is 0.393 e. The van der Waals surface area contributed by atoms with Crippen LogP contribution < -0.4 is 0 Å². The fourth-order valence-electron chi connectivity index (χ4n) is 4.38. The van der Waals surface area contributed by atoms with E-state index < -0.39 is 0 Å². The SMILES string of the molecule is OC1CCN([C@H]2c3cc(-c4ccccc4)cnc3Sc3nc(-c4cccnc4)nn32)CC1. The Hall–Kier alpha value is -3.07. The maximum absolute atomic E-state index is 10.1. The third-order valence-electron chi connectivity index (χ3n) is 6.05. The molecule has 2 aliphatic heterocycles. The van der Waals surface area contributed by atoms with Crippen LogP contribution in [0.3, 0.4) is 0 Å². The molecular formula is C24H22N6OS. The van der Waals surface area contributed by atoms with Crippen LogP contribution in [0.4, 0.5) is 0 Å². The van der Waals surface area contributed by atoms with E-state index >= 15 is 0 Å². The molecule has 160 valence electrons. The molecule has 0 bridgehead atoms. The number of pyridine rings is 2. The van der Waals surface area contributed by atoms with Gasteiger partial charge in [-0.2, -0.15) is 0 Å². The van der Waals surface area contributed by atoms with Crippen LogP contribution in [0.5, 0.6) is 0 Å². The van der Waals surface area contributed by atoms with E-state index in [2.05, 4.69) is 28.1 Å². The average Bonchev–Trinajstić information content (AvgIpc) is 3.28. The quantitative estimate of drug-likeness (QED) is 0.516. The summed E-state index contributed by atoms with van der Waals surface area (Å²) in [6.45, 7) is 1.60. The molecule has 0 unspecified atom stereocenters. The highest BCUT2D eigenvalue weighted by Gasteiger charge is 2.36. The summed E-state index contributed by atoms with van der Waals surface area (Å²) < 4.78 is 2.02. The Balaban J connectivity index is 1.46. The van der Waals surface area contributed by atoms with Crippen LogP contribution in [-0.4, -0.2) is 53.9 Å². The minimum absolute atomic E-state index is 0.108. The number of aliphatic hydroxyl groups excluding tert-OH is 1. The maximum atomic E-state index is 10.1. The Morgan fingerprint density at radius 3 is 2.53 bits per heavy atom. The number of hydrogen-bond acceptors (Lipinski definition) is 7. The smallest absolute Gasteiger partial charge is 0.194 e. The molecule has 1 N–H and O–H groups in total. The third-order valence-corrected chi connectivity index (χ3v) is 7.04. The topological polar surface area (TPSA) is 80.0 Å². The number of benzene rings is 1. The van der Waals surface area contributed by atoms with Crippen LogP contribution in [0.25, 0.3) is 22.5 Å². The van der Waals surface area contributed by atoms with Crippen LogP contribution in [0, 0.1) is 0 Å². The Labute approximate surface area is 190 Å². The molecule has 1 aromatic carbocycles. The molecule has 1 atom stereocenters. The molecule has 5 heterocycles. The molecule has 4 aromatic rings. The van der Waals surface area contributed by atoms with E-state index in [9.17, 15) is 5.11 Å². The predicted octanol–water partition coefficient (Wildman–Crippen LogP) is 3.87. The van der Waals surface area contributed by atoms with Crippen molar-refractivity contribution in [1.29, 1.82) is 0 Å². The summed E-state index contributed by atoms with van der Waals surface area (Å²) in [6.07, 6.45) is 6.64. The number of rotatable bonds is 3. The monoisotopic (exact) mass is 442 g/mol. The van der Waals surface area contributed by atoms with Crippen molar-refractivity contribution in [2.45, 2.75) is 35.3 Å². The Kier molecular flexibility index (Phi) is 4.98. The molecule has 0 spiro atoms. The van der Waals surface area contributed by atoms with Crippen molar-refractivity contribution < 1.29 is 5.11 Å². The van der Waals surface area contributed by atoms with Crippen LogP contribution in [0.1, 0.15) is 24.6 Å². The Morgan fingerprint density at radius 1 is 0.938 bits per heavy atom. The summed E-state index contributed by atoms with van der Waals surface area (Å²) in [5.41, 5.74) is 4.25. The highest BCUT2D eigenvalue weighted by Crippen LogP contribution is 2.43. The van der Waals surface area contributed by atoms with Gasteiger partial charge in [0.25, 0.3) is 0 Å². The minimum atomic E-state index is -0.237. The zero-order valence-electron chi connectivity index (χ0n) is 17.4. The Bertz CT molecular complexity index is 1240. The molecule has 0 aliphatic carbocycles. The average molecular weight is 443 g/mol. The second kappa shape index (κ2) is 8.12. The third kappa shape index (κ3) is 3.50. The van der Waals surface area contributed by atoms with Crippen molar-refractivity contribution in [2.24, 2.45) is 0 Å². The lowest BCUT2D eigenvalue weighted by Crippen LogP contribution is -2.42. The highest BCUT2D eigenvalue weighted by atomic mass is 32.2. The second-order valence-electron chi connectivity index (χ2n) is 8.13. The van der Waals surface area contributed by atoms with Gasteiger partial charge in [-0.25, -0.2) is 14.6 Å². The first-order chi connectivity index (χ1) is 15.8. The fraction of sp³-hybridized carbons (Fsp3) is 0.250. The van der Waals surface area contributed by atoms with Gasteiger partial charge in [-0.1, -0.05) is 30.3 Å². The molecule has 0 amide bonds. The molecule has 1 fully saturated rings. The number of hydrogen-bond donors (Lipinski definition) is 1. The van der Waals surface area contributed by atoms with E-state index in [-0.39, 0.29) is 12.3 Å². The van der Waals surface area contributed by atoms with Crippen LogP contribution in [0.15, 0.2) is 77.3 Å². The van der Waals surface area contributed by atoms with Crippen molar-refractivity contribution in [1.82, 2.24) is 29.6 Å². The van der Waals surface area contributed by atoms with Crippen molar-refractivity contribution in [2.75, 3.05) is 13.1 Å². The molecule has 32 heavy (non-hydrogen) atoms. The number of nitrogens with zero attached hydrogens (tertiary/aromatic N) is 6. The second-order valence-corrected chi connectivity index (χ2v) is 9.09. The van der Waals surface area contributed by atoms with Gasteiger partial charge < -0.3 is 5.11 Å². The van der Waals surface area contributed by atoms with E-state index in [4.69, 9.17) is 15.1 Å². The van der Waals surface area contributed by atoms with Gasteiger partial charge in [0.05, 0.1) is 6.10 Å². The zero-order chi connectivity index (χ0) is 21.5. The summed E-state index contributed by atoms with van der Waals surface area (Å²) in [5, 5.41) is 16.8. The lowest BCUT2D eigenvalue weighted by molar-refractivity contribution is 0.0444. The first-order valence-electron chi connectivity index (χ1n) is 10.8. The first-order valence-corrected chi connectivity index (χ1v) is 11.6. The fourth-order valence-corrected chi connectivity index (χ4v) is 5.31. The van der Waals surface area contributed by atoms with E-state index in [1.807, 2.05) is 41.2 Å². The van der Waals surface area contributed by atoms with E-state index in [0.29, 0.717) is 5.82 Å². The van der Waals surface area contributed by atoms with Crippen LogP contribution >= 0.6 is 11.8 Å². The van der Waals surface area contributed by atoms with Gasteiger partial charge >= 0.3 is 0 Å². The summed E-state index contributed by atoms with van der Waals surface area (Å²) in [6, 6.07) is 16.4. The van der Waals surface area contributed by atoms with E-state index in [1.54, 1.807) is 24.2 Å². The van der Waals surface area contributed by atoms with Crippen LogP contribution in [0.2, 0.25) is 0 Å². The molecular weight excluding hydrogens is 420 g/mol. The number of fused-ring (bicyclic) bond motifs is 2. The highest BCUT2D eigenvalue weighted by molar-refractivity contribution is 7.99. The number of aliphatic hydroxyl groups is 1. The summed E-state index contributed by atoms with van der Waals surface area (Å²) >= 11 is 1.55. The zero-order valence-corrected chi connectivity index (χ0v) is 18.2. The maximum Gasteiger partial charge on any atom is 0.194 e. The normalized spacial score (nSPS) is 18.8. The molecule has 7 nitrogen and oxygen atoms in total. The summed E-state index contributed by atoms with van der Waals surface area (Å²) in [4.78, 5) is 16.3. The van der Waals surface area contributed by atoms with E-state index in [0.717, 1.165) is 58.4 Å². The van der Waals surface area contributed by atoms with Crippen molar-refractivity contribution in [3.63, 3.8) is 0 Å². The van der Waals surface area contributed by atoms with Crippen LogP contribution in [-0.2, 0) is 0 Å². The Morgan fingerprint density at radius 2 is 1.75 bits per heavy atom. The van der Waals surface area contributed by atoms with Gasteiger partial charge in [0, 0.05) is 48.4 Å². The standard InChI is InChI=1S/C24H22N6OS/c31-19-8-11-29(12-9-19)23-20-13-18(16-5-2-1-3-6-16)15-26-22(20)32-24-27-21(28-30(23)24)17-7-4-10-25-14-17/h1-7,10,13-15,19,23,31H,8-9,11-12H2/t23-/m1/s1. The lowest BCUT2D eigenvalue weighted by atomic mass is 10.0. The molecule has 1 saturated heterocycles. The molecule has 2 aliphatic rings. The predicted molar refractivity (Wildman–Crippen MR) is 122 cm³/mol. The van der Waals surface area contributed by atoms with Gasteiger partial charge in [-0.05, 0) is 48.4 Å². The van der Waals surface area contributed by atoms with Gasteiger partial charge in [0.1, 0.15) is 11.2 Å².